The topological polar surface area (TPSA) is 67.8 Å². The highest BCUT2D eigenvalue weighted by atomic mass is 16.5. The Bertz CT molecular complexity index is 498. The number of carbonyl (C=O) groups excluding carboxylic acids is 1. The van der Waals surface area contributed by atoms with Crippen LogP contribution in [0.5, 0.6) is 11.5 Å². The number of methoxy groups -OCH3 is 2. The summed E-state index contributed by atoms with van der Waals surface area (Å²) in [6.07, 6.45) is 3.96. The van der Waals surface area contributed by atoms with E-state index in [1.54, 1.807) is 26.4 Å². The first-order chi connectivity index (χ1) is 10.6. The Morgan fingerprint density at radius 3 is 2.32 bits per heavy atom. The van der Waals surface area contributed by atoms with Gasteiger partial charge in [-0.25, -0.2) is 0 Å². The first-order valence-electron chi connectivity index (χ1n) is 7.75. The van der Waals surface area contributed by atoms with Crippen LogP contribution in [0.2, 0.25) is 0 Å². The van der Waals surface area contributed by atoms with Gasteiger partial charge in [0.15, 0.2) is 0 Å². The van der Waals surface area contributed by atoms with Gasteiger partial charge >= 0.3 is 0 Å². The highest BCUT2D eigenvalue weighted by Gasteiger charge is 2.23. The molecule has 0 bridgehead atoms. The van der Waals surface area contributed by atoms with Gasteiger partial charge < -0.3 is 19.9 Å². The van der Waals surface area contributed by atoms with Crippen molar-refractivity contribution in [2.75, 3.05) is 20.8 Å². The van der Waals surface area contributed by atoms with Crippen molar-refractivity contribution < 1.29 is 19.4 Å². The van der Waals surface area contributed by atoms with Crippen molar-refractivity contribution in [1.29, 1.82) is 0 Å². The molecule has 1 aromatic carbocycles. The Labute approximate surface area is 131 Å². The van der Waals surface area contributed by atoms with E-state index < -0.39 is 6.10 Å². The molecule has 0 saturated heterocycles. The van der Waals surface area contributed by atoms with Crippen LogP contribution in [0.4, 0.5) is 0 Å². The number of hydrogen-bond donors (Lipinski definition) is 2. The molecule has 0 spiro atoms. The average molecular weight is 307 g/mol. The molecule has 2 N–H and O–H groups in total. The maximum Gasteiger partial charge on any atom is 0.251 e. The SMILES string of the molecule is COc1cc(C(=O)NCC(O)C2CCCC2)cc(OC)c1C. The van der Waals surface area contributed by atoms with Gasteiger partial charge in [0.25, 0.3) is 5.91 Å². The van der Waals surface area contributed by atoms with Crippen molar-refractivity contribution in [3.63, 3.8) is 0 Å². The zero-order chi connectivity index (χ0) is 16.1. The molecule has 1 atom stereocenters. The van der Waals surface area contributed by atoms with Crippen LogP contribution in [0.25, 0.3) is 0 Å². The summed E-state index contributed by atoms with van der Waals surface area (Å²) in [5, 5.41) is 12.9. The van der Waals surface area contributed by atoms with Gasteiger partial charge in [0.05, 0.1) is 20.3 Å². The van der Waals surface area contributed by atoms with Gasteiger partial charge in [-0.15, -0.1) is 0 Å². The fraction of sp³-hybridized carbons (Fsp3) is 0.588. The quantitative estimate of drug-likeness (QED) is 0.846. The van der Waals surface area contributed by atoms with Crippen molar-refractivity contribution in [3.8, 4) is 11.5 Å². The highest BCUT2D eigenvalue weighted by molar-refractivity contribution is 5.95. The summed E-state index contributed by atoms with van der Waals surface area (Å²) in [4.78, 5) is 12.3. The lowest BCUT2D eigenvalue weighted by atomic mass is 10.0. The lowest BCUT2D eigenvalue weighted by Crippen LogP contribution is -2.35. The minimum atomic E-state index is -0.472. The summed E-state index contributed by atoms with van der Waals surface area (Å²) in [5.74, 6) is 1.30. The Morgan fingerprint density at radius 1 is 1.27 bits per heavy atom. The highest BCUT2D eigenvalue weighted by Crippen LogP contribution is 2.30. The van der Waals surface area contributed by atoms with E-state index in [2.05, 4.69) is 5.32 Å². The number of benzene rings is 1. The van der Waals surface area contributed by atoms with Crippen LogP contribution in [0.3, 0.4) is 0 Å². The molecule has 0 radical (unpaired) electrons. The molecular weight excluding hydrogens is 282 g/mol. The Morgan fingerprint density at radius 2 is 1.82 bits per heavy atom. The van der Waals surface area contributed by atoms with E-state index >= 15 is 0 Å². The van der Waals surface area contributed by atoms with Crippen LogP contribution in [-0.4, -0.2) is 37.9 Å². The lowest BCUT2D eigenvalue weighted by Gasteiger charge is -2.18. The summed E-state index contributed by atoms with van der Waals surface area (Å²) in [6, 6.07) is 3.38. The molecule has 5 heteroatoms. The van der Waals surface area contributed by atoms with E-state index in [0.717, 1.165) is 18.4 Å². The van der Waals surface area contributed by atoms with Gasteiger partial charge in [0.2, 0.25) is 0 Å². The Kier molecular flexibility index (Phi) is 5.66. The number of aliphatic hydroxyl groups excluding tert-OH is 1. The summed E-state index contributed by atoms with van der Waals surface area (Å²) in [6.45, 7) is 2.16. The van der Waals surface area contributed by atoms with Gasteiger partial charge in [-0.1, -0.05) is 12.8 Å². The molecule has 22 heavy (non-hydrogen) atoms. The molecule has 1 unspecified atom stereocenters. The van der Waals surface area contributed by atoms with Crippen LogP contribution in [0.1, 0.15) is 41.6 Å². The molecule has 5 nitrogen and oxygen atoms in total. The molecule has 1 aromatic rings. The number of aliphatic hydroxyl groups is 1. The van der Waals surface area contributed by atoms with E-state index in [9.17, 15) is 9.90 Å². The maximum absolute atomic E-state index is 12.3. The third-order valence-corrected chi connectivity index (χ3v) is 4.43. The second-order valence-electron chi connectivity index (χ2n) is 5.83. The monoisotopic (exact) mass is 307 g/mol. The fourth-order valence-corrected chi connectivity index (χ4v) is 3.03. The molecule has 1 aliphatic rings. The molecule has 122 valence electrons. The van der Waals surface area contributed by atoms with Crippen molar-refractivity contribution in [3.05, 3.63) is 23.3 Å². The third-order valence-electron chi connectivity index (χ3n) is 4.43. The summed E-state index contributed by atoms with van der Waals surface area (Å²) in [7, 11) is 3.13. The van der Waals surface area contributed by atoms with Crippen LogP contribution in [0, 0.1) is 12.8 Å². The zero-order valence-corrected chi connectivity index (χ0v) is 13.5. The zero-order valence-electron chi connectivity index (χ0n) is 13.5. The van der Waals surface area contributed by atoms with E-state index in [1.165, 1.54) is 12.8 Å². The summed E-state index contributed by atoms with van der Waals surface area (Å²) < 4.78 is 10.6. The van der Waals surface area contributed by atoms with E-state index in [1.807, 2.05) is 6.92 Å². The van der Waals surface area contributed by atoms with Crippen LogP contribution in [0.15, 0.2) is 12.1 Å². The normalized spacial score (nSPS) is 16.4. The molecule has 2 rings (SSSR count). The first kappa shape index (κ1) is 16.6. The third kappa shape index (κ3) is 3.71. The maximum atomic E-state index is 12.3. The van der Waals surface area contributed by atoms with Gasteiger partial charge in [-0.3, -0.25) is 4.79 Å². The number of nitrogens with one attached hydrogen (secondary N) is 1. The summed E-state index contributed by atoms with van der Waals surface area (Å²) in [5.41, 5.74) is 1.32. The predicted octanol–water partition coefficient (Wildman–Crippen LogP) is 2.29. The van der Waals surface area contributed by atoms with Crippen molar-refractivity contribution >= 4 is 5.91 Å². The van der Waals surface area contributed by atoms with E-state index in [0.29, 0.717) is 23.0 Å². The molecule has 0 aliphatic heterocycles. The smallest absolute Gasteiger partial charge is 0.251 e. The van der Waals surface area contributed by atoms with E-state index in [4.69, 9.17) is 9.47 Å². The van der Waals surface area contributed by atoms with Crippen molar-refractivity contribution in [1.82, 2.24) is 5.32 Å². The minimum Gasteiger partial charge on any atom is -0.496 e. The molecule has 0 heterocycles. The van der Waals surface area contributed by atoms with Crippen molar-refractivity contribution in [2.45, 2.75) is 38.7 Å². The van der Waals surface area contributed by atoms with Gasteiger partial charge in [-0.2, -0.15) is 0 Å². The Hall–Kier alpha value is -1.75. The predicted molar refractivity (Wildman–Crippen MR) is 84.6 cm³/mol. The Balaban J connectivity index is 2.02. The lowest BCUT2D eigenvalue weighted by molar-refractivity contribution is 0.0840. The fourth-order valence-electron chi connectivity index (χ4n) is 3.03. The largest absolute Gasteiger partial charge is 0.496 e. The second-order valence-corrected chi connectivity index (χ2v) is 5.83. The molecule has 1 saturated carbocycles. The number of hydrogen-bond acceptors (Lipinski definition) is 4. The van der Waals surface area contributed by atoms with Gasteiger partial charge in [-0.05, 0) is 37.8 Å². The molecule has 1 amide bonds. The number of carbonyl (C=O) groups is 1. The number of ether oxygens (including phenoxy) is 2. The molecular formula is C17H25NO4. The summed E-state index contributed by atoms with van der Waals surface area (Å²) >= 11 is 0. The van der Waals surface area contributed by atoms with Crippen molar-refractivity contribution in [2.24, 2.45) is 5.92 Å². The van der Waals surface area contributed by atoms with Crippen LogP contribution < -0.4 is 14.8 Å². The van der Waals surface area contributed by atoms with Gasteiger partial charge in [0, 0.05) is 17.7 Å². The van der Waals surface area contributed by atoms with Gasteiger partial charge in [0.1, 0.15) is 11.5 Å². The number of amides is 1. The average Bonchev–Trinajstić information content (AvgIpc) is 3.07. The first-order valence-corrected chi connectivity index (χ1v) is 7.75. The minimum absolute atomic E-state index is 0.228. The molecule has 1 aliphatic carbocycles. The standard InChI is InChI=1S/C17H25NO4/c1-11-15(21-2)8-13(9-16(11)22-3)17(20)18-10-14(19)12-6-4-5-7-12/h8-9,12,14,19H,4-7,10H2,1-3H3,(H,18,20). The van der Waals surface area contributed by atoms with Crippen LogP contribution >= 0.6 is 0 Å². The van der Waals surface area contributed by atoms with Crippen LogP contribution in [-0.2, 0) is 0 Å². The second kappa shape index (κ2) is 7.49. The van der Waals surface area contributed by atoms with E-state index in [-0.39, 0.29) is 12.5 Å². The number of rotatable bonds is 6. The molecule has 1 fully saturated rings. The molecule has 0 aromatic heterocycles.